The summed E-state index contributed by atoms with van der Waals surface area (Å²) in [6.07, 6.45) is 4.48. The average molecular weight is 435 g/mol. The van der Waals surface area contributed by atoms with Gasteiger partial charge in [-0.1, -0.05) is 41.8 Å². The number of benzene rings is 2. The number of carbonyl (C=O) groups excluding carboxylic acids is 1. The molecular formula is C21H17Cl2FN2OS. The summed E-state index contributed by atoms with van der Waals surface area (Å²) in [5, 5.41) is 0.959. The van der Waals surface area contributed by atoms with Crippen LogP contribution >= 0.6 is 35.4 Å². The molecule has 0 atom stereocenters. The minimum Gasteiger partial charge on any atom is -0.271 e. The van der Waals surface area contributed by atoms with Crippen LogP contribution in [0.5, 0.6) is 0 Å². The molecule has 1 aliphatic heterocycles. The minimum absolute atomic E-state index is 0.268. The van der Waals surface area contributed by atoms with Crippen molar-refractivity contribution in [3.8, 4) is 0 Å². The maximum Gasteiger partial charge on any atom is 0.260 e. The molecule has 1 amide bonds. The lowest BCUT2D eigenvalue weighted by Gasteiger charge is -2.38. The number of thiocarbonyl (C=S) groups is 1. The summed E-state index contributed by atoms with van der Waals surface area (Å²) < 4.78 is 13.3. The molecule has 2 aliphatic rings. The molecule has 2 aromatic carbocycles. The molecule has 1 saturated carbocycles. The zero-order valence-corrected chi connectivity index (χ0v) is 17.3. The monoisotopic (exact) mass is 434 g/mol. The molecule has 1 fully saturated rings. The maximum absolute atomic E-state index is 13.3. The first-order valence-electron chi connectivity index (χ1n) is 9.11. The lowest BCUT2D eigenvalue weighted by molar-refractivity contribution is 0.0648. The van der Waals surface area contributed by atoms with Gasteiger partial charge in [0, 0.05) is 16.1 Å². The molecule has 3 nitrogen and oxygen atoms in total. The van der Waals surface area contributed by atoms with Crippen molar-refractivity contribution in [3.63, 3.8) is 0 Å². The first kappa shape index (κ1) is 19.5. The lowest BCUT2D eigenvalue weighted by atomic mass is 9.88. The Morgan fingerprint density at radius 3 is 2.39 bits per heavy atom. The van der Waals surface area contributed by atoms with Crippen LogP contribution in [0.15, 0.2) is 47.5 Å². The third kappa shape index (κ3) is 3.36. The number of amides is 1. The molecule has 0 aromatic heterocycles. The molecule has 4 rings (SSSR count). The van der Waals surface area contributed by atoms with E-state index in [1.54, 1.807) is 23.1 Å². The Balaban J connectivity index is 1.79. The SMILES string of the molecule is O=C(c1ccc(F)cc1)N1C(=S)C(c2ccc(Cl)cc2Cl)=NC12CCCCC2. The molecule has 2 aromatic rings. The van der Waals surface area contributed by atoms with Gasteiger partial charge in [-0.15, -0.1) is 0 Å². The van der Waals surface area contributed by atoms with Gasteiger partial charge in [-0.25, -0.2) is 4.39 Å². The second-order valence-electron chi connectivity index (χ2n) is 7.08. The first-order valence-corrected chi connectivity index (χ1v) is 10.3. The third-order valence-corrected chi connectivity index (χ3v) is 6.20. The van der Waals surface area contributed by atoms with E-state index in [0.29, 0.717) is 31.9 Å². The van der Waals surface area contributed by atoms with E-state index in [1.165, 1.54) is 24.3 Å². The Hall–Kier alpha value is -1.82. The van der Waals surface area contributed by atoms with Crippen molar-refractivity contribution in [3.05, 3.63) is 69.5 Å². The van der Waals surface area contributed by atoms with Gasteiger partial charge >= 0.3 is 0 Å². The molecule has 1 spiro atoms. The van der Waals surface area contributed by atoms with Crippen LogP contribution in [0.3, 0.4) is 0 Å². The summed E-state index contributed by atoms with van der Waals surface area (Å²) in [6, 6.07) is 10.6. The zero-order valence-electron chi connectivity index (χ0n) is 14.9. The average Bonchev–Trinajstić information content (AvgIpc) is 2.94. The second kappa shape index (κ2) is 7.54. The van der Waals surface area contributed by atoms with Gasteiger partial charge in [0.05, 0.1) is 5.02 Å². The Bertz CT molecular complexity index is 984. The van der Waals surface area contributed by atoms with Gasteiger partial charge in [0.2, 0.25) is 0 Å². The topological polar surface area (TPSA) is 32.7 Å². The van der Waals surface area contributed by atoms with Crippen molar-refractivity contribution >= 4 is 52.0 Å². The van der Waals surface area contributed by atoms with Gasteiger partial charge in [-0.2, -0.15) is 0 Å². The Morgan fingerprint density at radius 1 is 1.07 bits per heavy atom. The molecule has 1 heterocycles. The van der Waals surface area contributed by atoms with Crippen molar-refractivity contribution in [2.75, 3.05) is 0 Å². The van der Waals surface area contributed by atoms with E-state index >= 15 is 0 Å². The van der Waals surface area contributed by atoms with Gasteiger partial charge in [-0.05, 0) is 68.1 Å². The van der Waals surface area contributed by atoms with Gasteiger partial charge in [-0.3, -0.25) is 14.7 Å². The Labute approximate surface area is 178 Å². The number of carbonyl (C=O) groups is 1. The maximum atomic E-state index is 13.3. The highest BCUT2D eigenvalue weighted by atomic mass is 35.5. The van der Waals surface area contributed by atoms with E-state index in [0.717, 1.165) is 32.1 Å². The molecule has 0 bridgehead atoms. The number of hydrogen-bond acceptors (Lipinski definition) is 3. The summed E-state index contributed by atoms with van der Waals surface area (Å²) >= 11 is 18.1. The fourth-order valence-corrected chi connectivity index (χ4v) is 4.82. The molecule has 0 radical (unpaired) electrons. The van der Waals surface area contributed by atoms with E-state index in [2.05, 4.69) is 0 Å². The van der Waals surface area contributed by atoms with Crippen molar-refractivity contribution in [2.45, 2.75) is 37.8 Å². The van der Waals surface area contributed by atoms with Gasteiger partial charge in [0.15, 0.2) is 0 Å². The van der Waals surface area contributed by atoms with Crippen LogP contribution in [-0.4, -0.2) is 27.2 Å². The molecule has 144 valence electrons. The molecule has 0 saturated heterocycles. The third-order valence-electron chi connectivity index (χ3n) is 5.28. The van der Waals surface area contributed by atoms with Gasteiger partial charge < -0.3 is 0 Å². The van der Waals surface area contributed by atoms with Crippen LogP contribution < -0.4 is 0 Å². The van der Waals surface area contributed by atoms with Crippen molar-refractivity contribution < 1.29 is 9.18 Å². The summed E-state index contributed by atoms with van der Waals surface area (Å²) in [5.74, 6) is -0.659. The second-order valence-corrected chi connectivity index (χ2v) is 8.31. The number of aliphatic imine (C=N–C) groups is 1. The minimum atomic E-state index is -0.709. The first-order chi connectivity index (χ1) is 13.4. The van der Waals surface area contributed by atoms with E-state index in [1.807, 2.05) is 0 Å². The van der Waals surface area contributed by atoms with Gasteiger partial charge in [0.1, 0.15) is 22.2 Å². The quantitative estimate of drug-likeness (QED) is 0.537. The Kier molecular flexibility index (Phi) is 5.25. The highest BCUT2D eigenvalue weighted by molar-refractivity contribution is 7.82. The normalized spacial score (nSPS) is 18.5. The summed E-state index contributed by atoms with van der Waals surface area (Å²) in [7, 11) is 0. The van der Waals surface area contributed by atoms with E-state index in [-0.39, 0.29) is 5.91 Å². The molecule has 0 N–H and O–H groups in total. The largest absolute Gasteiger partial charge is 0.271 e. The summed E-state index contributed by atoms with van der Waals surface area (Å²) in [5.41, 5.74) is 0.871. The lowest BCUT2D eigenvalue weighted by Crippen LogP contribution is -2.50. The van der Waals surface area contributed by atoms with Crippen LogP contribution in [-0.2, 0) is 0 Å². The number of hydrogen-bond donors (Lipinski definition) is 0. The fourth-order valence-electron chi connectivity index (χ4n) is 3.91. The molecule has 7 heteroatoms. The van der Waals surface area contributed by atoms with E-state index < -0.39 is 11.5 Å². The smallest absolute Gasteiger partial charge is 0.260 e. The fraction of sp³-hybridized carbons (Fsp3) is 0.286. The van der Waals surface area contributed by atoms with Crippen LogP contribution in [0, 0.1) is 5.82 Å². The van der Waals surface area contributed by atoms with E-state index in [4.69, 9.17) is 40.4 Å². The number of rotatable bonds is 2. The summed E-state index contributed by atoms with van der Waals surface area (Å²) in [4.78, 5) is 20.2. The van der Waals surface area contributed by atoms with E-state index in [9.17, 15) is 9.18 Å². The predicted molar refractivity (Wildman–Crippen MR) is 114 cm³/mol. The molecule has 28 heavy (non-hydrogen) atoms. The standard InChI is InChI=1S/C21H17Cl2FN2OS/c22-14-6-9-16(17(23)12-14)18-20(28)26(21(25-18)10-2-1-3-11-21)19(27)13-4-7-15(24)8-5-13/h4-9,12H,1-3,10-11H2. The zero-order chi connectivity index (χ0) is 19.9. The summed E-state index contributed by atoms with van der Waals surface area (Å²) in [6.45, 7) is 0. The predicted octanol–water partition coefficient (Wildman–Crippen LogP) is 6.07. The number of nitrogens with zero attached hydrogens (tertiary/aromatic N) is 2. The van der Waals surface area contributed by atoms with Crippen LogP contribution in [0.2, 0.25) is 10.0 Å². The molecule has 0 unspecified atom stereocenters. The highest BCUT2D eigenvalue weighted by Crippen LogP contribution is 2.41. The molecule has 1 aliphatic carbocycles. The van der Waals surface area contributed by atoms with Crippen molar-refractivity contribution in [1.29, 1.82) is 0 Å². The van der Waals surface area contributed by atoms with Crippen LogP contribution in [0.25, 0.3) is 0 Å². The Morgan fingerprint density at radius 2 is 1.75 bits per heavy atom. The number of halogens is 3. The highest BCUT2D eigenvalue weighted by Gasteiger charge is 2.49. The van der Waals surface area contributed by atoms with Crippen LogP contribution in [0.4, 0.5) is 4.39 Å². The van der Waals surface area contributed by atoms with Gasteiger partial charge in [0.25, 0.3) is 5.91 Å². The van der Waals surface area contributed by atoms with Crippen molar-refractivity contribution in [2.24, 2.45) is 4.99 Å². The van der Waals surface area contributed by atoms with Crippen molar-refractivity contribution in [1.82, 2.24) is 4.90 Å². The molecular weight excluding hydrogens is 418 g/mol. The van der Waals surface area contributed by atoms with Crippen LogP contribution in [0.1, 0.15) is 48.0 Å².